The van der Waals surface area contributed by atoms with E-state index in [1.807, 2.05) is 42.5 Å². The molecule has 0 saturated carbocycles. The van der Waals surface area contributed by atoms with Crippen LogP contribution in [0.25, 0.3) is 10.8 Å². The van der Waals surface area contributed by atoms with Gasteiger partial charge in [0.2, 0.25) is 11.8 Å². The fraction of sp³-hybridized carbons (Fsp3) is 0.379. The van der Waals surface area contributed by atoms with Gasteiger partial charge in [0, 0.05) is 26.6 Å². The summed E-state index contributed by atoms with van der Waals surface area (Å²) < 4.78 is 5.66. The zero-order chi connectivity index (χ0) is 24.6. The maximum Gasteiger partial charge on any atom is 0.243 e. The third kappa shape index (κ3) is 6.47. The molecule has 1 aliphatic heterocycles. The summed E-state index contributed by atoms with van der Waals surface area (Å²) in [6, 6.07) is 23.3. The Morgan fingerprint density at radius 3 is 2.43 bits per heavy atom. The first-order valence-corrected chi connectivity index (χ1v) is 12.4. The number of rotatable bonds is 10. The van der Waals surface area contributed by atoms with E-state index in [1.54, 1.807) is 19.0 Å². The molecule has 0 aromatic heterocycles. The quantitative estimate of drug-likeness (QED) is 0.474. The SMILES string of the molecule is CNC(Cc1ccc2ccccc2c1)C(=O)N(C)C(Cc1ccccc1)C(=O)NCC1CCCO1. The first-order chi connectivity index (χ1) is 17.0. The topological polar surface area (TPSA) is 70.7 Å². The number of fused-ring (bicyclic) bond motifs is 1. The molecule has 1 saturated heterocycles. The van der Waals surface area contributed by atoms with E-state index >= 15 is 0 Å². The van der Waals surface area contributed by atoms with Crippen LogP contribution in [0.15, 0.2) is 72.8 Å². The fourth-order valence-corrected chi connectivity index (χ4v) is 4.69. The van der Waals surface area contributed by atoms with E-state index in [0.29, 0.717) is 19.4 Å². The molecule has 0 radical (unpaired) electrons. The van der Waals surface area contributed by atoms with Crippen molar-refractivity contribution in [1.82, 2.24) is 15.5 Å². The highest BCUT2D eigenvalue weighted by molar-refractivity contribution is 5.90. The van der Waals surface area contributed by atoms with Crippen molar-refractivity contribution < 1.29 is 14.3 Å². The predicted molar refractivity (Wildman–Crippen MR) is 139 cm³/mol. The van der Waals surface area contributed by atoms with Crippen LogP contribution in [-0.4, -0.2) is 62.1 Å². The Balaban J connectivity index is 1.48. The van der Waals surface area contributed by atoms with Crippen molar-refractivity contribution in [3.63, 3.8) is 0 Å². The highest BCUT2D eigenvalue weighted by Gasteiger charge is 2.31. The standard InChI is InChI=1S/C29H35N3O3/c1-30-26(18-22-14-15-23-11-6-7-12-24(23)17-22)29(34)32(2)27(19-21-9-4-3-5-10-21)28(33)31-20-25-13-8-16-35-25/h3-7,9-12,14-15,17,25-27,30H,8,13,16,18-20H2,1-2H3,(H,31,33). The summed E-state index contributed by atoms with van der Waals surface area (Å²) in [6.07, 6.45) is 3.01. The number of amides is 2. The molecule has 6 heteroatoms. The summed E-state index contributed by atoms with van der Waals surface area (Å²) in [5.74, 6) is -0.255. The van der Waals surface area contributed by atoms with E-state index in [-0.39, 0.29) is 17.9 Å². The first kappa shape index (κ1) is 24.9. The smallest absolute Gasteiger partial charge is 0.243 e. The van der Waals surface area contributed by atoms with Crippen LogP contribution in [0.5, 0.6) is 0 Å². The molecule has 1 fully saturated rings. The summed E-state index contributed by atoms with van der Waals surface area (Å²) in [5.41, 5.74) is 2.09. The summed E-state index contributed by atoms with van der Waals surface area (Å²) in [6.45, 7) is 1.21. The zero-order valence-electron chi connectivity index (χ0n) is 20.6. The minimum Gasteiger partial charge on any atom is -0.376 e. The van der Waals surface area contributed by atoms with E-state index in [4.69, 9.17) is 4.74 Å². The van der Waals surface area contributed by atoms with Gasteiger partial charge in [0.05, 0.1) is 12.1 Å². The van der Waals surface area contributed by atoms with E-state index < -0.39 is 12.1 Å². The summed E-state index contributed by atoms with van der Waals surface area (Å²) in [4.78, 5) is 28.5. The van der Waals surface area contributed by atoms with E-state index in [9.17, 15) is 9.59 Å². The average molecular weight is 474 g/mol. The van der Waals surface area contributed by atoms with E-state index in [0.717, 1.165) is 36.0 Å². The molecule has 3 atom stereocenters. The largest absolute Gasteiger partial charge is 0.376 e. The Morgan fingerprint density at radius 1 is 0.971 bits per heavy atom. The third-order valence-corrected chi connectivity index (χ3v) is 6.82. The lowest BCUT2D eigenvalue weighted by Gasteiger charge is -2.31. The molecule has 0 bridgehead atoms. The normalized spacial score (nSPS) is 17.1. The number of hydrogen-bond acceptors (Lipinski definition) is 4. The van der Waals surface area contributed by atoms with Gasteiger partial charge in [-0.3, -0.25) is 9.59 Å². The van der Waals surface area contributed by atoms with Crippen molar-refractivity contribution in [2.45, 2.75) is 43.9 Å². The van der Waals surface area contributed by atoms with Gasteiger partial charge in [0.1, 0.15) is 6.04 Å². The zero-order valence-corrected chi connectivity index (χ0v) is 20.6. The summed E-state index contributed by atoms with van der Waals surface area (Å²) >= 11 is 0. The van der Waals surface area contributed by atoms with Crippen molar-refractivity contribution in [2.24, 2.45) is 0 Å². The van der Waals surface area contributed by atoms with Gasteiger partial charge in [-0.05, 0) is 48.2 Å². The Kier molecular flexibility index (Phi) is 8.50. The number of nitrogens with one attached hydrogen (secondary N) is 2. The molecule has 3 aromatic carbocycles. The Labute approximate surface area is 207 Å². The van der Waals surface area contributed by atoms with Crippen molar-refractivity contribution in [3.8, 4) is 0 Å². The Hall–Kier alpha value is -3.22. The van der Waals surface area contributed by atoms with Crippen LogP contribution in [0.4, 0.5) is 0 Å². The number of hydrogen-bond donors (Lipinski definition) is 2. The van der Waals surface area contributed by atoms with Crippen molar-refractivity contribution in [1.29, 1.82) is 0 Å². The molecular formula is C29H35N3O3. The van der Waals surface area contributed by atoms with E-state index in [1.165, 1.54) is 5.39 Å². The molecule has 6 nitrogen and oxygen atoms in total. The molecule has 1 heterocycles. The van der Waals surface area contributed by atoms with E-state index in [2.05, 4.69) is 41.0 Å². The summed E-state index contributed by atoms with van der Waals surface area (Å²) in [7, 11) is 3.52. The van der Waals surface area contributed by atoms with Crippen molar-refractivity contribution in [2.75, 3.05) is 27.2 Å². The molecule has 0 spiro atoms. The molecule has 4 rings (SSSR count). The third-order valence-electron chi connectivity index (χ3n) is 6.82. The Bertz CT molecular complexity index is 1130. The van der Waals surface area contributed by atoms with Gasteiger partial charge in [-0.25, -0.2) is 0 Å². The van der Waals surface area contributed by atoms with Gasteiger partial charge in [-0.15, -0.1) is 0 Å². The molecule has 2 N–H and O–H groups in total. The molecular weight excluding hydrogens is 438 g/mol. The van der Waals surface area contributed by atoms with Crippen LogP contribution in [0.3, 0.4) is 0 Å². The number of ether oxygens (including phenoxy) is 1. The maximum absolute atomic E-state index is 13.6. The lowest BCUT2D eigenvalue weighted by atomic mass is 9.99. The molecule has 2 amide bonds. The molecule has 0 aliphatic carbocycles. The van der Waals surface area contributed by atoms with Crippen LogP contribution < -0.4 is 10.6 Å². The molecule has 3 unspecified atom stereocenters. The van der Waals surface area contributed by atoms with Crippen molar-refractivity contribution in [3.05, 3.63) is 83.9 Å². The molecule has 184 valence electrons. The van der Waals surface area contributed by atoms with Gasteiger partial charge in [0.25, 0.3) is 0 Å². The minimum atomic E-state index is -0.612. The number of carbonyl (C=O) groups is 2. The van der Waals surface area contributed by atoms with Crippen LogP contribution in [0.2, 0.25) is 0 Å². The predicted octanol–water partition coefficient (Wildman–Crippen LogP) is 3.34. The van der Waals surface area contributed by atoms with Crippen molar-refractivity contribution >= 4 is 22.6 Å². The lowest BCUT2D eigenvalue weighted by molar-refractivity contribution is -0.140. The second-order valence-corrected chi connectivity index (χ2v) is 9.26. The number of likely N-dealkylation sites (N-methyl/N-ethyl adjacent to an activating group) is 2. The fourth-order valence-electron chi connectivity index (χ4n) is 4.69. The van der Waals surface area contributed by atoms with Crippen LogP contribution in [0, 0.1) is 0 Å². The summed E-state index contributed by atoms with van der Waals surface area (Å²) in [5, 5.41) is 8.52. The van der Waals surface area contributed by atoms with Crippen LogP contribution in [0.1, 0.15) is 24.0 Å². The lowest BCUT2D eigenvalue weighted by Crippen LogP contribution is -2.55. The van der Waals surface area contributed by atoms with Gasteiger partial charge in [0.15, 0.2) is 0 Å². The Morgan fingerprint density at radius 2 is 1.71 bits per heavy atom. The number of carbonyl (C=O) groups excluding carboxylic acids is 2. The average Bonchev–Trinajstić information content (AvgIpc) is 3.42. The van der Waals surface area contributed by atoms with Gasteiger partial charge >= 0.3 is 0 Å². The number of benzene rings is 3. The van der Waals surface area contributed by atoms with Gasteiger partial charge < -0.3 is 20.3 Å². The molecule has 3 aromatic rings. The molecule has 1 aliphatic rings. The highest BCUT2D eigenvalue weighted by atomic mass is 16.5. The van der Waals surface area contributed by atoms with Gasteiger partial charge in [-0.1, -0.05) is 72.8 Å². The second-order valence-electron chi connectivity index (χ2n) is 9.26. The molecule has 35 heavy (non-hydrogen) atoms. The van der Waals surface area contributed by atoms with Crippen LogP contribution >= 0.6 is 0 Å². The highest BCUT2D eigenvalue weighted by Crippen LogP contribution is 2.18. The minimum absolute atomic E-state index is 0.0512. The monoisotopic (exact) mass is 473 g/mol. The van der Waals surface area contributed by atoms with Gasteiger partial charge in [-0.2, -0.15) is 0 Å². The first-order valence-electron chi connectivity index (χ1n) is 12.4. The number of nitrogens with zero attached hydrogens (tertiary/aromatic N) is 1. The maximum atomic E-state index is 13.6. The second kappa shape index (κ2) is 12.0. The van der Waals surface area contributed by atoms with Crippen LogP contribution in [-0.2, 0) is 27.2 Å².